The van der Waals surface area contributed by atoms with E-state index >= 15 is 0 Å². The van der Waals surface area contributed by atoms with Crippen LogP contribution in [-0.4, -0.2) is 37.9 Å². The van der Waals surface area contributed by atoms with Crippen LogP contribution < -0.4 is 14.8 Å². The van der Waals surface area contributed by atoms with Crippen LogP contribution in [-0.2, 0) is 6.54 Å². The van der Waals surface area contributed by atoms with E-state index in [1.54, 1.807) is 0 Å². The van der Waals surface area contributed by atoms with E-state index in [2.05, 4.69) is 60.5 Å². The van der Waals surface area contributed by atoms with Gasteiger partial charge in [0.2, 0.25) is 6.79 Å². The van der Waals surface area contributed by atoms with Crippen molar-refractivity contribution in [2.45, 2.75) is 66.8 Å². The molecule has 2 aliphatic heterocycles. The Bertz CT molecular complexity index is 683. The first kappa shape index (κ1) is 27.0. The summed E-state index contributed by atoms with van der Waals surface area (Å²) >= 11 is 0. The highest BCUT2D eigenvalue weighted by molar-refractivity contribution is 5.44. The third kappa shape index (κ3) is 9.32. The molecule has 4 rings (SSSR count). The summed E-state index contributed by atoms with van der Waals surface area (Å²) in [6.07, 6.45) is 2.66. The lowest BCUT2D eigenvalue weighted by Gasteiger charge is -2.31. The van der Waals surface area contributed by atoms with Crippen LogP contribution in [0.25, 0.3) is 0 Å². The first-order valence-corrected chi connectivity index (χ1v) is 12.2. The van der Waals surface area contributed by atoms with Gasteiger partial charge >= 0.3 is 0 Å². The molecule has 2 heterocycles. The number of nitrogens with zero attached hydrogens (tertiary/aromatic N) is 1. The molecule has 0 aliphatic carbocycles. The Labute approximate surface area is 191 Å². The molecule has 2 aromatic carbocycles. The van der Waals surface area contributed by atoms with Crippen molar-refractivity contribution >= 4 is 0 Å². The predicted octanol–water partition coefficient (Wildman–Crippen LogP) is 6.46. The fraction of sp³-hybridized carbons (Fsp3) is 0.556. The molecule has 4 nitrogen and oxygen atoms in total. The van der Waals surface area contributed by atoms with E-state index in [9.17, 15) is 0 Å². The second-order valence-electron chi connectivity index (χ2n) is 7.09. The van der Waals surface area contributed by atoms with Gasteiger partial charge in [-0.05, 0) is 68.2 Å². The highest BCUT2D eigenvalue weighted by atomic mass is 16.7. The maximum atomic E-state index is 5.27. The normalized spacial score (nSPS) is 14.9. The minimum absolute atomic E-state index is 0.347. The molecule has 0 aromatic heterocycles. The highest BCUT2D eigenvalue weighted by Gasteiger charge is 2.18. The zero-order chi connectivity index (χ0) is 22.9. The van der Waals surface area contributed by atoms with Gasteiger partial charge in [-0.1, -0.05) is 77.9 Å². The number of hydrogen-bond acceptors (Lipinski definition) is 4. The second-order valence-corrected chi connectivity index (χ2v) is 7.09. The van der Waals surface area contributed by atoms with Crippen molar-refractivity contribution in [3.63, 3.8) is 0 Å². The molecule has 0 saturated carbocycles. The van der Waals surface area contributed by atoms with E-state index in [-0.39, 0.29) is 0 Å². The topological polar surface area (TPSA) is 33.7 Å². The molecule has 31 heavy (non-hydrogen) atoms. The van der Waals surface area contributed by atoms with Gasteiger partial charge in [0, 0.05) is 6.54 Å². The SMILES string of the molecule is CC.CC.CCN1CCC(c2ccccc2)CC1.CCNCc1ccc2c(c1)OCO2. The number of hydrogen-bond donors (Lipinski definition) is 1. The average molecular weight is 429 g/mol. The van der Waals surface area contributed by atoms with E-state index in [1.807, 2.05) is 39.8 Å². The summed E-state index contributed by atoms with van der Waals surface area (Å²) in [5, 5.41) is 3.26. The molecule has 1 saturated heterocycles. The molecule has 1 N–H and O–H groups in total. The second kappa shape index (κ2) is 16.6. The molecule has 174 valence electrons. The number of nitrogens with one attached hydrogen (secondary N) is 1. The van der Waals surface area contributed by atoms with E-state index in [0.29, 0.717) is 6.79 Å². The number of fused-ring (bicyclic) bond motifs is 1. The first-order valence-electron chi connectivity index (χ1n) is 12.2. The number of likely N-dealkylation sites (tertiary alicyclic amines) is 1. The van der Waals surface area contributed by atoms with Crippen molar-refractivity contribution in [3.8, 4) is 11.5 Å². The average Bonchev–Trinajstić information content (AvgIpc) is 3.34. The van der Waals surface area contributed by atoms with Crippen molar-refractivity contribution < 1.29 is 9.47 Å². The monoisotopic (exact) mass is 428 g/mol. The van der Waals surface area contributed by atoms with Crippen molar-refractivity contribution in [2.24, 2.45) is 0 Å². The molecular formula is C27H44N2O2. The molecule has 0 spiro atoms. The summed E-state index contributed by atoms with van der Waals surface area (Å²) in [6.45, 7) is 18.3. The lowest BCUT2D eigenvalue weighted by molar-refractivity contribution is 0.174. The zero-order valence-corrected chi connectivity index (χ0v) is 20.6. The standard InChI is InChI=1S/C13H19N.C10H13NO2.2C2H6/c1-2-14-10-8-13(9-11-14)12-6-4-3-5-7-12;1-2-11-6-8-3-4-9-10(5-8)13-7-12-9;2*1-2/h3-7,13H,2,8-11H2,1H3;3-5,11H,2,6-7H2,1H3;2*1-2H3. The molecule has 0 amide bonds. The Kier molecular flexibility index (Phi) is 14.5. The van der Waals surface area contributed by atoms with E-state index < -0.39 is 0 Å². The minimum Gasteiger partial charge on any atom is -0.454 e. The van der Waals surface area contributed by atoms with Crippen molar-refractivity contribution in [2.75, 3.05) is 33.0 Å². The summed E-state index contributed by atoms with van der Waals surface area (Å²) in [5.74, 6) is 2.51. The number of piperidine rings is 1. The summed E-state index contributed by atoms with van der Waals surface area (Å²) in [6, 6.07) is 17.0. The summed E-state index contributed by atoms with van der Waals surface area (Å²) in [5.41, 5.74) is 2.76. The van der Waals surface area contributed by atoms with Crippen LogP contribution in [0.2, 0.25) is 0 Å². The number of benzene rings is 2. The molecule has 0 unspecified atom stereocenters. The van der Waals surface area contributed by atoms with Crippen molar-refractivity contribution in [3.05, 3.63) is 59.7 Å². The van der Waals surface area contributed by atoms with Crippen LogP contribution in [0.5, 0.6) is 11.5 Å². The van der Waals surface area contributed by atoms with Crippen LogP contribution in [0.15, 0.2) is 48.5 Å². The molecular weight excluding hydrogens is 384 g/mol. The van der Waals surface area contributed by atoms with Gasteiger partial charge in [0.15, 0.2) is 11.5 Å². The fourth-order valence-corrected chi connectivity index (χ4v) is 3.63. The van der Waals surface area contributed by atoms with Gasteiger partial charge in [0.05, 0.1) is 0 Å². The molecule has 1 fully saturated rings. The molecule has 4 heteroatoms. The van der Waals surface area contributed by atoms with E-state index in [4.69, 9.17) is 9.47 Å². The van der Waals surface area contributed by atoms with Gasteiger partial charge in [-0.25, -0.2) is 0 Å². The van der Waals surface area contributed by atoms with E-state index in [1.165, 1.54) is 43.6 Å². The summed E-state index contributed by atoms with van der Waals surface area (Å²) < 4.78 is 10.5. The lowest BCUT2D eigenvalue weighted by atomic mass is 9.89. The van der Waals surface area contributed by atoms with Crippen molar-refractivity contribution in [1.82, 2.24) is 10.2 Å². The van der Waals surface area contributed by atoms with Crippen LogP contribution in [0, 0.1) is 0 Å². The van der Waals surface area contributed by atoms with Gasteiger partial charge in [-0.3, -0.25) is 0 Å². The van der Waals surface area contributed by atoms with Gasteiger partial charge in [0.1, 0.15) is 0 Å². The van der Waals surface area contributed by atoms with Crippen LogP contribution in [0.3, 0.4) is 0 Å². The van der Waals surface area contributed by atoms with Crippen molar-refractivity contribution in [1.29, 1.82) is 0 Å². The number of ether oxygens (including phenoxy) is 2. The van der Waals surface area contributed by atoms with Gasteiger partial charge < -0.3 is 19.7 Å². The molecule has 0 atom stereocenters. The molecule has 2 aromatic rings. The van der Waals surface area contributed by atoms with Gasteiger partial charge in [0.25, 0.3) is 0 Å². The van der Waals surface area contributed by atoms with Crippen LogP contribution in [0.1, 0.15) is 71.4 Å². The highest BCUT2D eigenvalue weighted by Crippen LogP contribution is 2.32. The largest absolute Gasteiger partial charge is 0.454 e. The Morgan fingerprint density at radius 2 is 1.52 bits per heavy atom. The molecule has 0 bridgehead atoms. The van der Waals surface area contributed by atoms with Crippen LogP contribution in [0.4, 0.5) is 0 Å². The zero-order valence-electron chi connectivity index (χ0n) is 20.6. The Balaban J connectivity index is 0.000000268. The first-order chi connectivity index (χ1) is 15.3. The molecule has 2 aliphatic rings. The smallest absolute Gasteiger partial charge is 0.231 e. The molecule has 0 radical (unpaired) electrons. The fourth-order valence-electron chi connectivity index (χ4n) is 3.63. The minimum atomic E-state index is 0.347. The lowest BCUT2D eigenvalue weighted by Crippen LogP contribution is -2.32. The summed E-state index contributed by atoms with van der Waals surface area (Å²) in [4.78, 5) is 2.54. The van der Waals surface area contributed by atoms with Crippen LogP contribution >= 0.6 is 0 Å². The van der Waals surface area contributed by atoms with E-state index in [0.717, 1.165) is 30.5 Å². The Morgan fingerprint density at radius 1 is 0.871 bits per heavy atom. The van der Waals surface area contributed by atoms with Gasteiger partial charge in [-0.15, -0.1) is 0 Å². The third-order valence-corrected chi connectivity index (χ3v) is 5.32. The summed E-state index contributed by atoms with van der Waals surface area (Å²) in [7, 11) is 0. The quantitative estimate of drug-likeness (QED) is 0.592. The Hall–Kier alpha value is -2.04. The third-order valence-electron chi connectivity index (χ3n) is 5.32. The predicted molar refractivity (Wildman–Crippen MR) is 133 cm³/mol. The maximum Gasteiger partial charge on any atom is 0.231 e. The van der Waals surface area contributed by atoms with Gasteiger partial charge in [-0.2, -0.15) is 0 Å². The maximum absolute atomic E-state index is 5.27. The Morgan fingerprint density at radius 3 is 2.13 bits per heavy atom. The number of rotatable bonds is 5.